The van der Waals surface area contributed by atoms with Crippen molar-refractivity contribution < 1.29 is 28.9 Å². The zero-order valence-electron chi connectivity index (χ0n) is 22.8. The molecule has 2 heterocycles. The van der Waals surface area contributed by atoms with Gasteiger partial charge in [0.1, 0.15) is 23.4 Å². The minimum absolute atomic E-state index is 0.00162. The number of aliphatic carboxylic acids is 2. The summed E-state index contributed by atoms with van der Waals surface area (Å²) in [7, 11) is 1.65. The second-order valence-corrected chi connectivity index (χ2v) is 10.1. The molecule has 0 saturated heterocycles. The van der Waals surface area contributed by atoms with E-state index in [1.807, 2.05) is 0 Å². The van der Waals surface area contributed by atoms with Gasteiger partial charge in [0.25, 0.3) is 5.56 Å². The summed E-state index contributed by atoms with van der Waals surface area (Å²) in [5, 5.41) is 37.8. The second kappa shape index (κ2) is 13.0. The van der Waals surface area contributed by atoms with Gasteiger partial charge in [0.2, 0.25) is 0 Å². The lowest BCUT2D eigenvalue weighted by Crippen LogP contribution is -2.30. The molecule has 15 heteroatoms. The monoisotopic (exact) mass is 611 g/mol. The van der Waals surface area contributed by atoms with Gasteiger partial charge in [0, 0.05) is 37.0 Å². The highest BCUT2D eigenvalue weighted by atomic mass is 35.5. The predicted molar refractivity (Wildman–Crippen MR) is 154 cm³/mol. The van der Waals surface area contributed by atoms with Crippen LogP contribution in [0.1, 0.15) is 36.9 Å². The van der Waals surface area contributed by atoms with Crippen LogP contribution < -0.4 is 21.8 Å². The van der Waals surface area contributed by atoms with Gasteiger partial charge in [-0.3, -0.25) is 19.1 Å². The number of halogens is 2. The van der Waals surface area contributed by atoms with Gasteiger partial charge in [-0.25, -0.2) is 9.49 Å². The lowest BCUT2D eigenvalue weighted by molar-refractivity contribution is -0.139. The molecule has 0 aliphatic heterocycles. The van der Waals surface area contributed by atoms with Crippen LogP contribution in [0.25, 0.3) is 33.2 Å². The van der Waals surface area contributed by atoms with Crippen LogP contribution in [0.3, 0.4) is 0 Å². The molecule has 0 spiro atoms. The predicted octanol–water partition coefficient (Wildman–Crippen LogP) is 2.92. The number of nitrogens with zero attached hydrogens (tertiary/aromatic N) is 4. The molecule has 1 fully saturated rings. The Morgan fingerprint density at radius 1 is 1.30 bits per heavy atom. The third kappa shape index (κ3) is 6.81. The molecule has 0 unspecified atom stereocenters. The minimum Gasteiger partial charge on any atom is -0.489 e. The molecule has 1 aliphatic carbocycles. The smallest absolute Gasteiger partial charge is 0.320 e. The molecule has 7 N–H and O–H groups in total. The fraction of sp³-hybridized carbons (Fsp3) is 0.286. The number of benzene rings is 2. The summed E-state index contributed by atoms with van der Waals surface area (Å²) in [6.07, 6.45) is 3.10. The van der Waals surface area contributed by atoms with E-state index in [-0.39, 0.29) is 52.9 Å². The maximum Gasteiger partial charge on any atom is 0.320 e. The summed E-state index contributed by atoms with van der Waals surface area (Å²) in [5.74, 6) is -2.69. The SMILES string of the molecule is Cn1ncc(-c2ccc3c(=O)[nH]nc(CN)c3c2)c1-c1c(F)c(Cl)cc(OC2CC2)c1C#N.N[C@@H](CCC(=O)O)C(=O)O. The Labute approximate surface area is 248 Å². The van der Waals surface area contributed by atoms with E-state index in [1.54, 1.807) is 31.4 Å². The fourth-order valence-electron chi connectivity index (χ4n) is 4.29. The molecule has 0 amide bonds. The molecule has 43 heavy (non-hydrogen) atoms. The number of ether oxygens (including phenoxy) is 1. The largest absolute Gasteiger partial charge is 0.489 e. The van der Waals surface area contributed by atoms with Gasteiger partial charge in [-0.05, 0) is 37.0 Å². The number of nitrogens with one attached hydrogen (secondary N) is 1. The van der Waals surface area contributed by atoms with E-state index in [1.165, 1.54) is 10.7 Å². The molecular weight excluding hydrogens is 585 g/mol. The number of rotatable bonds is 9. The molecule has 13 nitrogen and oxygen atoms in total. The normalized spacial score (nSPS) is 13.1. The van der Waals surface area contributed by atoms with E-state index in [4.69, 9.17) is 38.0 Å². The summed E-state index contributed by atoms with van der Waals surface area (Å²) >= 11 is 6.20. The van der Waals surface area contributed by atoms with Crippen LogP contribution in [-0.4, -0.2) is 54.3 Å². The first-order chi connectivity index (χ1) is 20.5. The number of nitrogens with two attached hydrogens (primary N) is 2. The minimum atomic E-state index is -1.17. The fourth-order valence-corrected chi connectivity index (χ4v) is 4.48. The van der Waals surface area contributed by atoms with Crippen LogP contribution >= 0.6 is 11.6 Å². The third-order valence-electron chi connectivity index (χ3n) is 6.65. The number of carbonyl (C=O) groups is 2. The summed E-state index contributed by atoms with van der Waals surface area (Å²) in [6, 6.07) is 7.51. The van der Waals surface area contributed by atoms with Crippen LogP contribution in [-0.2, 0) is 23.2 Å². The van der Waals surface area contributed by atoms with Crippen molar-refractivity contribution >= 4 is 34.3 Å². The summed E-state index contributed by atoms with van der Waals surface area (Å²) in [6.45, 7) is 0.125. The summed E-state index contributed by atoms with van der Waals surface area (Å²) in [4.78, 5) is 32.1. The molecule has 4 aromatic rings. The Morgan fingerprint density at radius 3 is 2.63 bits per heavy atom. The first kappa shape index (κ1) is 31.1. The lowest BCUT2D eigenvalue weighted by atomic mass is 9.95. The highest BCUT2D eigenvalue weighted by Crippen LogP contribution is 2.43. The van der Waals surface area contributed by atoms with Crippen LogP contribution in [0.15, 0.2) is 35.3 Å². The van der Waals surface area contributed by atoms with Gasteiger partial charge >= 0.3 is 11.9 Å². The first-order valence-electron chi connectivity index (χ1n) is 13.0. The van der Waals surface area contributed by atoms with Crippen molar-refractivity contribution in [1.82, 2.24) is 20.0 Å². The number of hydrogen-bond acceptors (Lipinski definition) is 9. The molecule has 2 aromatic carbocycles. The molecule has 224 valence electrons. The highest BCUT2D eigenvalue weighted by Gasteiger charge is 2.29. The summed E-state index contributed by atoms with van der Waals surface area (Å²) in [5.41, 5.74) is 12.6. The van der Waals surface area contributed by atoms with Gasteiger partial charge in [-0.2, -0.15) is 15.5 Å². The maximum atomic E-state index is 15.4. The van der Waals surface area contributed by atoms with Crippen LogP contribution in [0.5, 0.6) is 5.75 Å². The van der Waals surface area contributed by atoms with Crippen LogP contribution in [0.2, 0.25) is 5.02 Å². The number of nitriles is 1. The number of carboxylic acids is 2. The molecule has 5 rings (SSSR count). The van der Waals surface area contributed by atoms with E-state index >= 15 is 4.39 Å². The lowest BCUT2D eigenvalue weighted by Gasteiger charge is -2.15. The molecule has 0 radical (unpaired) electrons. The quantitative estimate of drug-likeness (QED) is 0.185. The van der Waals surface area contributed by atoms with E-state index in [9.17, 15) is 19.6 Å². The number of aromatic nitrogens is 4. The van der Waals surface area contributed by atoms with Crippen molar-refractivity contribution in [2.45, 2.75) is 44.4 Å². The van der Waals surface area contributed by atoms with E-state index in [0.717, 1.165) is 12.8 Å². The second-order valence-electron chi connectivity index (χ2n) is 9.72. The zero-order chi connectivity index (χ0) is 31.4. The molecule has 2 aromatic heterocycles. The number of fused-ring (bicyclic) bond motifs is 1. The summed E-state index contributed by atoms with van der Waals surface area (Å²) < 4.78 is 22.7. The zero-order valence-corrected chi connectivity index (χ0v) is 23.6. The number of carboxylic acid groups (broad SMARTS) is 2. The number of aryl methyl sites for hydroxylation is 1. The molecule has 1 atom stereocenters. The maximum absolute atomic E-state index is 15.4. The number of hydrogen-bond donors (Lipinski definition) is 5. The van der Waals surface area contributed by atoms with E-state index in [2.05, 4.69) is 21.4 Å². The van der Waals surface area contributed by atoms with Crippen LogP contribution in [0.4, 0.5) is 4.39 Å². The van der Waals surface area contributed by atoms with Crippen molar-refractivity contribution in [3.63, 3.8) is 0 Å². The molecule has 0 bridgehead atoms. The molecule has 1 saturated carbocycles. The number of aromatic amines is 1. The average Bonchev–Trinajstić information content (AvgIpc) is 3.72. The van der Waals surface area contributed by atoms with Crippen molar-refractivity contribution in [1.29, 1.82) is 5.26 Å². The topological polar surface area (TPSA) is 223 Å². The van der Waals surface area contributed by atoms with Crippen LogP contribution in [0, 0.1) is 17.1 Å². The van der Waals surface area contributed by atoms with Crippen molar-refractivity contribution in [2.75, 3.05) is 0 Å². The standard InChI is InChI=1S/C23H18ClFN6O2.C5H9NO4/c1-31-22(20-15(8-26)19(33-12-3-4-12)7-17(24)21(20)25)16(10-28-31)11-2-5-13-14(6-11)18(9-27)29-30-23(13)32;6-3(5(9)10)1-2-4(7)8/h2,5-7,10,12H,3-4,9,27H2,1H3,(H,30,32);3H,1-2,6H2,(H,7,8)(H,9,10)/t;3-/m.0/s1. The van der Waals surface area contributed by atoms with Crippen molar-refractivity contribution in [2.24, 2.45) is 18.5 Å². The van der Waals surface area contributed by atoms with Gasteiger partial charge in [-0.15, -0.1) is 0 Å². The average molecular weight is 612 g/mol. The Kier molecular flexibility index (Phi) is 9.40. The van der Waals surface area contributed by atoms with E-state index < -0.39 is 23.8 Å². The van der Waals surface area contributed by atoms with Crippen molar-refractivity contribution in [3.05, 3.63) is 62.9 Å². The molecular formula is C28H27ClFN7O6. The Balaban J connectivity index is 0.000000365. The number of H-pyrrole nitrogens is 1. The van der Waals surface area contributed by atoms with Gasteiger partial charge in [0.05, 0.1) is 39.7 Å². The third-order valence-corrected chi connectivity index (χ3v) is 6.92. The highest BCUT2D eigenvalue weighted by molar-refractivity contribution is 6.31. The Hall–Kier alpha value is -4.84. The van der Waals surface area contributed by atoms with Crippen molar-refractivity contribution in [3.8, 4) is 34.2 Å². The van der Waals surface area contributed by atoms with Gasteiger partial charge < -0.3 is 26.4 Å². The van der Waals surface area contributed by atoms with E-state index in [0.29, 0.717) is 33.3 Å². The Morgan fingerprint density at radius 2 is 2.02 bits per heavy atom. The van der Waals surface area contributed by atoms with Gasteiger partial charge in [0.15, 0.2) is 5.82 Å². The van der Waals surface area contributed by atoms with Gasteiger partial charge in [-0.1, -0.05) is 17.7 Å². The molecule has 1 aliphatic rings. The first-order valence-corrected chi connectivity index (χ1v) is 13.4. The Bertz CT molecular complexity index is 1810.